The lowest BCUT2D eigenvalue weighted by atomic mass is 10.2. The number of nitrogens with zero attached hydrogens (tertiary/aromatic N) is 3. The van der Waals surface area contributed by atoms with Gasteiger partial charge in [0.15, 0.2) is 5.82 Å². The zero-order chi connectivity index (χ0) is 17.8. The van der Waals surface area contributed by atoms with Gasteiger partial charge in [0.25, 0.3) is 5.56 Å². The van der Waals surface area contributed by atoms with E-state index in [4.69, 9.17) is 0 Å². The van der Waals surface area contributed by atoms with Crippen LogP contribution in [0.4, 0.5) is 5.69 Å². The highest BCUT2D eigenvalue weighted by Gasteiger charge is 2.07. The molecule has 1 amide bonds. The fourth-order valence-corrected chi connectivity index (χ4v) is 2.55. The first-order valence-electron chi connectivity index (χ1n) is 7.28. The van der Waals surface area contributed by atoms with Gasteiger partial charge in [-0.1, -0.05) is 12.1 Å². The second kappa shape index (κ2) is 7.27. The molecule has 3 aromatic rings. The van der Waals surface area contributed by atoms with E-state index in [1.165, 1.54) is 23.0 Å². The number of aromatic nitrogens is 3. The highest BCUT2D eigenvalue weighted by atomic mass is 79.9. The molecular weight excluding hydrogens is 388 g/mol. The predicted octanol–water partition coefficient (Wildman–Crippen LogP) is 2.41. The summed E-state index contributed by atoms with van der Waals surface area (Å²) in [4.78, 5) is 32.1. The number of aromatic hydroxyl groups is 1. The fourth-order valence-electron chi connectivity index (χ4n) is 2.17. The van der Waals surface area contributed by atoms with E-state index in [1.807, 2.05) is 0 Å². The molecule has 3 rings (SSSR count). The SMILES string of the molecule is O=C(Cn1cc(Br)ccc1=O)Nc1cnc(-c2cccc(O)c2)nc1. The third-order valence-electron chi connectivity index (χ3n) is 3.30. The van der Waals surface area contributed by atoms with Crippen molar-refractivity contribution in [2.45, 2.75) is 6.54 Å². The van der Waals surface area contributed by atoms with Crippen LogP contribution in [0, 0.1) is 0 Å². The largest absolute Gasteiger partial charge is 0.508 e. The lowest BCUT2D eigenvalue weighted by molar-refractivity contribution is -0.116. The monoisotopic (exact) mass is 400 g/mol. The maximum atomic E-state index is 12.1. The van der Waals surface area contributed by atoms with Crippen LogP contribution in [0.15, 0.2) is 64.3 Å². The molecule has 2 heterocycles. The van der Waals surface area contributed by atoms with Crippen LogP contribution in [0.25, 0.3) is 11.4 Å². The van der Waals surface area contributed by atoms with Gasteiger partial charge in [-0.2, -0.15) is 0 Å². The number of phenolic OH excluding ortho intramolecular Hbond substituents is 1. The van der Waals surface area contributed by atoms with Gasteiger partial charge in [-0.3, -0.25) is 9.59 Å². The number of hydrogen-bond acceptors (Lipinski definition) is 5. The third kappa shape index (κ3) is 4.30. The molecule has 0 aliphatic heterocycles. The number of rotatable bonds is 4. The van der Waals surface area contributed by atoms with Gasteiger partial charge in [-0.05, 0) is 34.1 Å². The second-order valence-corrected chi connectivity index (χ2v) is 6.12. The average molecular weight is 401 g/mol. The van der Waals surface area contributed by atoms with E-state index < -0.39 is 0 Å². The van der Waals surface area contributed by atoms with Crippen molar-refractivity contribution >= 4 is 27.5 Å². The number of carbonyl (C=O) groups is 1. The van der Waals surface area contributed by atoms with Gasteiger partial charge < -0.3 is 15.0 Å². The summed E-state index contributed by atoms with van der Waals surface area (Å²) in [5.74, 6) is 0.184. The molecule has 25 heavy (non-hydrogen) atoms. The van der Waals surface area contributed by atoms with E-state index in [0.717, 1.165) is 0 Å². The number of carbonyl (C=O) groups excluding carboxylic acids is 1. The molecule has 0 atom stereocenters. The molecule has 2 N–H and O–H groups in total. The molecule has 8 heteroatoms. The number of halogens is 1. The predicted molar refractivity (Wildman–Crippen MR) is 96.2 cm³/mol. The van der Waals surface area contributed by atoms with Crippen molar-refractivity contribution in [3.05, 3.63) is 69.8 Å². The van der Waals surface area contributed by atoms with Gasteiger partial charge in [0.1, 0.15) is 12.3 Å². The molecular formula is C17H13BrN4O3. The van der Waals surface area contributed by atoms with E-state index >= 15 is 0 Å². The van der Waals surface area contributed by atoms with Crippen LogP contribution in [-0.4, -0.2) is 25.5 Å². The highest BCUT2D eigenvalue weighted by molar-refractivity contribution is 9.10. The lowest BCUT2D eigenvalue weighted by Gasteiger charge is -2.08. The van der Waals surface area contributed by atoms with Crippen molar-refractivity contribution in [2.24, 2.45) is 0 Å². The molecule has 0 aliphatic carbocycles. The smallest absolute Gasteiger partial charge is 0.251 e. The molecule has 1 aromatic carbocycles. The normalized spacial score (nSPS) is 10.4. The molecule has 126 valence electrons. The Labute approximate surface area is 151 Å². The van der Waals surface area contributed by atoms with Gasteiger partial charge in [0, 0.05) is 22.3 Å². The van der Waals surface area contributed by atoms with E-state index in [2.05, 4.69) is 31.2 Å². The molecule has 0 spiro atoms. The van der Waals surface area contributed by atoms with Crippen molar-refractivity contribution in [1.29, 1.82) is 0 Å². The number of phenols is 1. The molecule has 0 fully saturated rings. The first-order valence-corrected chi connectivity index (χ1v) is 8.08. The summed E-state index contributed by atoms with van der Waals surface area (Å²) in [5, 5.41) is 12.1. The first kappa shape index (κ1) is 16.8. The van der Waals surface area contributed by atoms with E-state index in [0.29, 0.717) is 21.5 Å². The summed E-state index contributed by atoms with van der Waals surface area (Å²) < 4.78 is 2.00. The van der Waals surface area contributed by atoms with Crippen LogP contribution in [0.3, 0.4) is 0 Å². The molecule has 2 aromatic heterocycles. The molecule has 0 saturated carbocycles. The molecule has 0 radical (unpaired) electrons. The van der Waals surface area contributed by atoms with Crippen molar-refractivity contribution < 1.29 is 9.90 Å². The van der Waals surface area contributed by atoms with Crippen molar-refractivity contribution in [1.82, 2.24) is 14.5 Å². The van der Waals surface area contributed by atoms with E-state index in [9.17, 15) is 14.7 Å². The fraction of sp³-hybridized carbons (Fsp3) is 0.0588. The van der Waals surface area contributed by atoms with Crippen molar-refractivity contribution in [3.8, 4) is 17.1 Å². The lowest BCUT2D eigenvalue weighted by Crippen LogP contribution is -2.26. The van der Waals surface area contributed by atoms with E-state index in [-0.39, 0.29) is 23.8 Å². The van der Waals surface area contributed by atoms with Crippen LogP contribution in [-0.2, 0) is 11.3 Å². The summed E-state index contributed by atoms with van der Waals surface area (Å²) in [6.07, 6.45) is 4.48. The summed E-state index contributed by atoms with van der Waals surface area (Å²) in [5.41, 5.74) is 0.810. The van der Waals surface area contributed by atoms with Gasteiger partial charge in [-0.15, -0.1) is 0 Å². The Balaban J connectivity index is 1.70. The first-order chi connectivity index (χ1) is 12.0. The third-order valence-corrected chi connectivity index (χ3v) is 3.77. The van der Waals surface area contributed by atoms with Crippen LogP contribution in [0.1, 0.15) is 0 Å². The summed E-state index contributed by atoms with van der Waals surface area (Å²) in [6, 6.07) is 9.57. The van der Waals surface area contributed by atoms with Crippen molar-refractivity contribution in [3.63, 3.8) is 0 Å². The van der Waals surface area contributed by atoms with Crippen LogP contribution in [0.2, 0.25) is 0 Å². The number of benzene rings is 1. The maximum absolute atomic E-state index is 12.1. The average Bonchev–Trinajstić information content (AvgIpc) is 2.59. The zero-order valence-corrected chi connectivity index (χ0v) is 14.5. The van der Waals surface area contributed by atoms with Crippen LogP contribution < -0.4 is 10.9 Å². The number of nitrogens with one attached hydrogen (secondary N) is 1. The van der Waals surface area contributed by atoms with Gasteiger partial charge >= 0.3 is 0 Å². The summed E-state index contributed by atoms with van der Waals surface area (Å²) >= 11 is 3.26. The zero-order valence-electron chi connectivity index (χ0n) is 12.9. The van der Waals surface area contributed by atoms with Gasteiger partial charge in [0.05, 0.1) is 18.1 Å². The molecule has 0 saturated heterocycles. The number of hydrogen-bond donors (Lipinski definition) is 2. The molecule has 0 unspecified atom stereocenters. The minimum absolute atomic E-state index is 0.118. The standard InChI is InChI=1S/C17H13BrN4O3/c18-12-4-5-16(25)22(9-12)10-15(24)21-13-7-19-17(20-8-13)11-2-1-3-14(23)6-11/h1-9,23H,10H2,(H,21,24). The molecule has 0 aliphatic rings. The Kier molecular flexibility index (Phi) is 4.90. The maximum Gasteiger partial charge on any atom is 0.251 e. The highest BCUT2D eigenvalue weighted by Crippen LogP contribution is 2.20. The minimum atomic E-state index is -0.367. The van der Waals surface area contributed by atoms with Gasteiger partial charge in [0.2, 0.25) is 5.91 Å². The topological polar surface area (TPSA) is 97.1 Å². The molecule has 7 nitrogen and oxygen atoms in total. The number of pyridine rings is 1. The van der Waals surface area contributed by atoms with Crippen LogP contribution in [0.5, 0.6) is 5.75 Å². The Morgan fingerprint density at radius 2 is 1.96 bits per heavy atom. The van der Waals surface area contributed by atoms with Gasteiger partial charge in [-0.25, -0.2) is 9.97 Å². The summed E-state index contributed by atoms with van der Waals surface area (Å²) in [6.45, 7) is -0.118. The number of amides is 1. The Bertz CT molecular complexity index is 970. The van der Waals surface area contributed by atoms with Crippen LogP contribution >= 0.6 is 15.9 Å². The number of anilines is 1. The van der Waals surface area contributed by atoms with Crippen molar-refractivity contribution in [2.75, 3.05) is 5.32 Å². The quantitative estimate of drug-likeness (QED) is 0.700. The Hall–Kier alpha value is -3.00. The molecule has 0 bridgehead atoms. The Morgan fingerprint density at radius 3 is 2.68 bits per heavy atom. The minimum Gasteiger partial charge on any atom is -0.508 e. The van der Waals surface area contributed by atoms with E-state index in [1.54, 1.807) is 36.5 Å². The second-order valence-electron chi connectivity index (χ2n) is 5.21. The summed E-state index contributed by atoms with van der Waals surface area (Å²) in [7, 11) is 0. The Morgan fingerprint density at radius 1 is 1.20 bits per heavy atom.